The van der Waals surface area contributed by atoms with Gasteiger partial charge in [-0.25, -0.2) is 4.98 Å². The van der Waals surface area contributed by atoms with Crippen molar-refractivity contribution in [3.05, 3.63) is 52.8 Å². The summed E-state index contributed by atoms with van der Waals surface area (Å²) in [5, 5.41) is 0.518. The Kier molecular flexibility index (Phi) is 3.78. The molecule has 22 heavy (non-hydrogen) atoms. The molecule has 0 amide bonds. The van der Waals surface area contributed by atoms with Gasteiger partial charge in [-0.2, -0.15) is 0 Å². The van der Waals surface area contributed by atoms with Gasteiger partial charge in [0.25, 0.3) is 5.56 Å². The minimum absolute atomic E-state index is 0.190. The van der Waals surface area contributed by atoms with Crippen LogP contribution in [0.2, 0.25) is 0 Å². The first-order valence-corrected chi connectivity index (χ1v) is 7.21. The summed E-state index contributed by atoms with van der Waals surface area (Å²) in [6, 6.07) is 12.6. The molecule has 0 saturated carbocycles. The average Bonchev–Trinajstić information content (AvgIpc) is 2.52. The van der Waals surface area contributed by atoms with E-state index in [9.17, 15) is 4.79 Å². The number of hydrogen-bond donors (Lipinski definition) is 2. The smallest absolute Gasteiger partial charge is 0.259 e. The first-order valence-electron chi connectivity index (χ1n) is 7.21. The number of aromatic nitrogens is 2. The Morgan fingerprint density at radius 1 is 1.23 bits per heavy atom. The number of nitrogens with zero attached hydrogens (tertiary/aromatic N) is 1. The molecule has 0 bridgehead atoms. The largest absolute Gasteiger partial charge is 0.493 e. The van der Waals surface area contributed by atoms with Gasteiger partial charge in [-0.3, -0.25) is 4.79 Å². The van der Waals surface area contributed by atoms with E-state index in [1.54, 1.807) is 18.2 Å². The zero-order valence-corrected chi connectivity index (χ0v) is 12.3. The maximum Gasteiger partial charge on any atom is 0.259 e. The molecule has 0 aliphatic rings. The SMILES string of the molecule is CCCOc1ccccc1-c1nc2cc(N)ccc2c(=O)[nH]1. The van der Waals surface area contributed by atoms with Gasteiger partial charge in [0.15, 0.2) is 0 Å². The molecule has 0 fully saturated rings. The van der Waals surface area contributed by atoms with Gasteiger partial charge in [-0.1, -0.05) is 19.1 Å². The van der Waals surface area contributed by atoms with Crippen molar-refractivity contribution in [3.8, 4) is 17.1 Å². The van der Waals surface area contributed by atoms with Gasteiger partial charge in [-0.05, 0) is 36.8 Å². The monoisotopic (exact) mass is 295 g/mol. The number of ether oxygens (including phenoxy) is 1. The fraction of sp³-hybridized carbons (Fsp3) is 0.176. The summed E-state index contributed by atoms with van der Waals surface area (Å²) in [4.78, 5) is 19.6. The van der Waals surface area contributed by atoms with Crippen LogP contribution in [0.1, 0.15) is 13.3 Å². The van der Waals surface area contributed by atoms with E-state index >= 15 is 0 Å². The standard InChI is InChI=1S/C17H17N3O2/c1-2-9-22-15-6-4-3-5-13(15)16-19-14-10-11(18)7-8-12(14)17(21)20-16/h3-8,10H,2,9,18H2,1H3,(H,19,20,21). The highest BCUT2D eigenvalue weighted by Crippen LogP contribution is 2.27. The number of nitrogens with one attached hydrogen (secondary N) is 1. The molecule has 2 aromatic carbocycles. The fourth-order valence-electron chi connectivity index (χ4n) is 2.28. The third-order valence-corrected chi connectivity index (χ3v) is 3.33. The molecule has 1 aromatic heterocycles. The molecule has 0 spiro atoms. The highest BCUT2D eigenvalue weighted by molar-refractivity contribution is 5.82. The number of nitrogens with two attached hydrogens (primary N) is 1. The molecule has 5 nitrogen and oxygen atoms in total. The predicted octanol–water partition coefficient (Wildman–Crippen LogP) is 2.96. The molecule has 0 unspecified atom stereocenters. The van der Waals surface area contributed by atoms with Crippen molar-refractivity contribution in [2.45, 2.75) is 13.3 Å². The van der Waals surface area contributed by atoms with Gasteiger partial charge in [0.05, 0.1) is 23.1 Å². The number of hydrogen-bond acceptors (Lipinski definition) is 4. The van der Waals surface area contributed by atoms with Crippen molar-refractivity contribution in [1.82, 2.24) is 9.97 Å². The summed E-state index contributed by atoms with van der Waals surface area (Å²) in [5.74, 6) is 1.19. The van der Waals surface area contributed by atoms with Gasteiger partial charge in [-0.15, -0.1) is 0 Å². The van der Waals surface area contributed by atoms with Gasteiger partial charge in [0.2, 0.25) is 0 Å². The summed E-state index contributed by atoms with van der Waals surface area (Å²) >= 11 is 0. The van der Waals surface area contributed by atoms with Crippen molar-refractivity contribution in [1.29, 1.82) is 0 Å². The molecule has 3 rings (SSSR count). The lowest BCUT2D eigenvalue weighted by Gasteiger charge is -2.10. The number of benzene rings is 2. The minimum atomic E-state index is -0.190. The van der Waals surface area contributed by atoms with Crippen LogP contribution in [0, 0.1) is 0 Å². The lowest BCUT2D eigenvalue weighted by molar-refractivity contribution is 0.318. The van der Waals surface area contributed by atoms with Gasteiger partial charge >= 0.3 is 0 Å². The summed E-state index contributed by atoms with van der Waals surface area (Å²) < 4.78 is 5.73. The zero-order valence-electron chi connectivity index (χ0n) is 12.3. The quantitative estimate of drug-likeness (QED) is 0.725. The molecule has 3 aromatic rings. The Bertz CT molecular complexity index is 871. The summed E-state index contributed by atoms with van der Waals surface area (Å²) in [5.41, 5.74) is 7.50. The summed E-state index contributed by atoms with van der Waals surface area (Å²) in [6.07, 6.45) is 0.909. The molecule has 5 heteroatoms. The zero-order chi connectivity index (χ0) is 15.5. The van der Waals surface area contributed by atoms with Crippen LogP contribution in [0.4, 0.5) is 5.69 Å². The van der Waals surface area contributed by atoms with Gasteiger partial charge in [0.1, 0.15) is 11.6 Å². The lowest BCUT2D eigenvalue weighted by Crippen LogP contribution is -2.10. The van der Waals surface area contributed by atoms with Crippen molar-refractivity contribution in [2.24, 2.45) is 0 Å². The molecule has 0 aliphatic carbocycles. The highest BCUT2D eigenvalue weighted by atomic mass is 16.5. The second-order valence-corrected chi connectivity index (χ2v) is 5.04. The Hall–Kier alpha value is -2.82. The molecule has 0 saturated heterocycles. The number of fused-ring (bicyclic) bond motifs is 1. The number of anilines is 1. The van der Waals surface area contributed by atoms with Crippen molar-refractivity contribution in [2.75, 3.05) is 12.3 Å². The molecule has 3 N–H and O–H groups in total. The average molecular weight is 295 g/mol. The van der Waals surface area contributed by atoms with Crippen LogP contribution in [0.3, 0.4) is 0 Å². The van der Waals surface area contributed by atoms with E-state index in [1.807, 2.05) is 31.2 Å². The second kappa shape index (κ2) is 5.89. The maximum atomic E-state index is 12.2. The molecular formula is C17H17N3O2. The van der Waals surface area contributed by atoms with E-state index in [0.717, 1.165) is 12.0 Å². The van der Waals surface area contributed by atoms with Crippen molar-refractivity contribution in [3.63, 3.8) is 0 Å². The van der Waals surface area contributed by atoms with E-state index in [0.29, 0.717) is 34.8 Å². The number of rotatable bonds is 4. The number of H-pyrrole nitrogens is 1. The number of aromatic amines is 1. The first kappa shape index (κ1) is 14.1. The minimum Gasteiger partial charge on any atom is -0.493 e. The van der Waals surface area contributed by atoms with Gasteiger partial charge in [0, 0.05) is 5.69 Å². The number of nitrogen functional groups attached to an aromatic ring is 1. The summed E-state index contributed by atoms with van der Waals surface area (Å²) in [6.45, 7) is 2.66. The molecule has 1 heterocycles. The Morgan fingerprint density at radius 2 is 2.05 bits per heavy atom. The van der Waals surface area contributed by atoms with Crippen LogP contribution in [0.25, 0.3) is 22.3 Å². The molecule has 0 radical (unpaired) electrons. The summed E-state index contributed by atoms with van der Waals surface area (Å²) in [7, 11) is 0. The Labute approximate surface area is 127 Å². The fourth-order valence-corrected chi connectivity index (χ4v) is 2.28. The van der Waals surface area contributed by atoms with Crippen molar-refractivity contribution < 1.29 is 4.74 Å². The van der Waals surface area contributed by atoms with Crippen LogP contribution < -0.4 is 16.0 Å². The van der Waals surface area contributed by atoms with Crippen LogP contribution >= 0.6 is 0 Å². The van der Waals surface area contributed by atoms with Gasteiger partial charge < -0.3 is 15.5 Å². The van der Waals surface area contributed by atoms with Crippen molar-refractivity contribution >= 4 is 16.6 Å². The first-order chi connectivity index (χ1) is 10.7. The number of para-hydroxylation sites is 1. The van der Waals surface area contributed by atoms with E-state index in [1.165, 1.54) is 0 Å². The van der Waals surface area contributed by atoms with Crippen LogP contribution in [-0.4, -0.2) is 16.6 Å². The maximum absolute atomic E-state index is 12.2. The third-order valence-electron chi connectivity index (χ3n) is 3.33. The molecule has 0 aliphatic heterocycles. The second-order valence-electron chi connectivity index (χ2n) is 5.04. The van der Waals surface area contributed by atoms with E-state index < -0.39 is 0 Å². The Balaban J connectivity index is 2.16. The molecular weight excluding hydrogens is 278 g/mol. The topological polar surface area (TPSA) is 81.0 Å². The molecule has 112 valence electrons. The normalized spacial score (nSPS) is 10.8. The van der Waals surface area contributed by atoms with Crippen LogP contribution in [-0.2, 0) is 0 Å². The lowest BCUT2D eigenvalue weighted by atomic mass is 10.1. The van der Waals surface area contributed by atoms with Crippen LogP contribution in [0.5, 0.6) is 5.75 Å². The van der Waals surface area contributed by atoms with E-state index in [-0.39, 0.29) is 5.56 Å². The predicted molar refractivity (Wildman–Crippen MR) is 88.0 cm³/mol. The molecule has 0 atom stereocenters. The third kappa shape index (κ3) is 2.65. The van der Waals surface area contributed by atoms with E-state index in [4.69, 9.17) is 10.5 Å². The van der Waals surface area contributed by atoms with Crippen LogP contribution in [0.15, 0.2) is 47.3 Å². The Morgan fingerprint density at radius 3 is 2.86 bits per heavy atom. The highest BCUT2D eigenvalue weighted by Gasteiger charge is 2.10. The van der Waals surface area contributed by atoms with E-state index in [2.05, 4.69) is 9.97 Å².